The molecule has 0 aromatic heterocycles. The maximum absolute atomic E-state index is 12.0. The Balaban J connectivity index is 6.52. The summed E-state index contributed by atoms with van der Waals surface area (Å²) in [5.74, 6) is 0. The third kappa shape index (κ3) is 7.76. The van der Waals surface area contributed by atoms with Gasteiger partial charge in [0.25, 0.3) is 0 Å². The van der Waals surface area contributed by atoms with Crippen LogP contribution in [0.4, 0.5) is 9.59 Å². The topological polar surface area (TPSA) is 90.7 Å². The van der Waals surface area contributed by atoms with E-state index in [9.17, 15) is 9.59 Å². The molecule has 6 heteroatoms. The molecule has 0 aliphatic carbocycles. The second-order valence-corrected chi connectivity index (χ2v) is 3.55. The number of carbonyl (C=O) groups excluding carboxylic acids is 2. The van der Waals surface area contributed by atoms with Crippen LogP contribution in [-0.2, 0) is 9.47 Å². The number of rotatable bonds is 7. The number of nitrogens with one attached hydrogen (secondary N) is 1. The third-order valence-electron chi connectivity index (χ3n) is 1.52. The fraction of sp³-hybridized carbons (Fsp3) is 0.833. The molecule has 106 valence electrons. The van der Waals surface area contributed by atoms with Crippen LogP contribution in [0.5, 0.6) is 0 Å². The molecule has 18 heavy (non-hydrogen) atoms. The number of carbonyl (C=O) groups is 2. The van der Waals surface area contributed by atoms with Crippen molar-refractivity contribution in [2.75, 3.05) is 13.2 Å². The van der Waals surface area contributed by atoms with Gasteiger partial charge in [-0.3, -0.25) is 0 Å². The molecule has 0 saturated carbocycles. The molecule has 0 rings (SSSR count). The first-order valence-corrected chi connectivity index (χ1v) is 4.84. The zero-order valence-corrected chi connectivity index (χ0v) is 10.1. The average molecular weight is 272 g/mol. The summed E-state index contributed by atoms with van der Waals surface area (Å²) in [4.78, 5) is 23.1. The minimum absolute atomic E-state index is 0.0137. The summed E-state index contributed by atoms with van der Waals surface area (Å²) in [6, 6.07) is -1.85. The molecule has 0 aromatic rings. The highest BCUT2D eigenvalue weighted by Crippen LogP contribution is 2.24. The summed E-state index contributed by atoms with van der Waals surface area (Å²) in [6.45, 7) is -8.04. The van der Waals surface area contributed by atoms with E-state index in [0.29, 0.717) is 0 Å². The van der Waals surface area contributed by atoms with E-state index in [0.717, 1.165) is 13.8 Å². The number of hydrogen-bond donors (Lipinski definition) is 2. The van der Waals surface area contributed by atoms with Crippen LogP contribution >= 0.6 is 0 Å². The average Bonchev–Trinajstić information content (AvgIpc) is 2.49. The number of hydrogen-bond acceptors (Lipinski definition) is 4. The second kappa shape index (κ2) is 7.79. The maximum atomic E-state index is 12.0. The summed E-state index contributed by atoms with van der Waals surface area (Å²) in [5.41, 5.74) is 1.56. The normalized spacial score (nSPS) is 27.2. The van der Waals surface area contributed by atoms with Crippen LogP contribution < -0.4 is 11.0 Å². The molecule has 1 unspecified atom stereocenters. The Morgan fingerprint density at radius 3 is 2.72 bits per heavy atom. The van der Waals surface area contributed by atoms with Gasteiger partial charge in [-0.2, -0.15) is 0 Å². The van der Waals surface area contributed by atoms with E-state index in [1.54, 1.807) is 0 Å². The Morgan fingerprint density at radius 2 is 2.22 bits per heavy atom. The van der Waals surface area contributed by atoms with Gasteiger partial charge in [0.05, 0.1) is 1.37 Å². The Hall–Kier alpha value is -1.46. The van der Waals surface area contributed by atoms with E-state index < -0.39 is 63.3 Å². The number of ether oxygens (including phenoxy) is 2. The Kier molecular flexibility index (Phi) is 2.28. The highest BCUT2D eigenvalue weighted by molar-refractivity contribution is 5.67. The number of amides is 2. The van der Waals surface area contributed by atoms with Crippen molar-refractivity contribution in [1.82, 2.24) is 5.31 Å². The van der Waals surface area contributed by atoms with Gasteiger partial charge in [-0.15, -0.1) is 0 Å². The van der Waals surface area contributed by atoms with Gasteiger partial charge >= 0.3 is 12.2 Å². The standard InChI is InChI=1S/C12H24N2O4/c1-5-6-12(4,7-17-10(13)15)8-18-11(16)14-9(2)3/h9H,5-8H2,1-4H3,(H2,13,15)(H,14,16)/i1D3,4D3,5D2,6D2,9D/hD. The first kappa shape index (κ1) is 5.27. The summed E-state index contributed by atoms with van der Waals surface area (Å²) in [6.07, 6.45) is -10.8. The monoisotopic (exact) mass is 272 g/mol. The summed E-state index contributed by atoms with van der Waals surface area (Å²) in [5, 5.41) is -0.0137. The molecule has 2 amide bonds. The van der Waals surface area contributed by atoms with Gasteiger partial charge in [0.15, 0.2) is 1.41 Å². The molecule has 0 aliphatic heterocycles. The summed E-state index contributed by atoms with van der Waals surface area (Å²) >= 11 is 0. The van der Waals surface area contributed by atoms with Crippen molar-refractivity contribution in [1.29, 1.82) is 0 Å². The molecule has 0 aromatic carbocycles. The predicted octanol–water partition coefficient (Wildman–Crippen LogP) is 2.02. The minimum Gasteiger partial charge on any atom is -0.449 e. The number of primary amides is 1. The van der Waals surface area contributed by atoms with Crippen LogP contribution in [0.2, 0.25) is 1.41 Å². The lowest BCUT2D eigenvalue weighted by Gasteiger charge is -2.27. The fourth-order valence-corrected chi connectivity index (χ4v) is 0.828. The fourth-order valence-electron chi connectivity index (χ4n) is 0.828. The lowest BCUT2D eigenvalue weighted by atomic mass is 9.87. The van der Waals surface area contributed by atoms with Crippen molar-refractivity contribution in [3.63, 3.8) is 0 Å². The van der Waals surface area contributed by atoms with E-state index in [-0.39, 0.29) is 5.31 Å². The van der Waals surface area contributed by atoms with E-state index in [1.165, 1.54) is 0 Å². The van der Waals surface area contributed by atoms with Crippen molar-refractivity contribution in [2.24, 2.45) is 11.1 Å². The van der Waals surface area contributed by atoms with Crippen LogP contribution in [0.25, 0.3) is 0 Å². The molecule has 1 atom stereocenters. The molecular formula is C12H24N2O4. The quantitative estimate of drug-likeness (QED) is 0.742. The summed E-state index contributed by atoms with van der Waals surface area (Å²) < 4.78 is 101. The molecule has 0 bridgehead atoms. The van der Waals surface area contributed by atoms with E-state index in [1.807, 2.05) is 0 Å². The Labute approximate surface area is 125 Å². The van der Waals surface area contributed by atoms with E-state index in [4.69, 9.17) is 22.2 Å². The molecular weight excluding hydrogens is 236 g/mol. The summed E-state index contributed by atoms with van der Waals surface area (Å²) in [7, 11) is 0. The van der Waals surface area contributed by atoms with Crippen LogP contribution in [0, 0.1) is 5.41 Å². The van der Waals surface area contributed by atoms with Gasteiger partial charge in [0.2, 0.25) is 0 Å². The minimum atomic E-state index is -3.82. The predicted molar refractivity (Wildman–Crippen MR) is 68.2 cm³/mol. The van der Waals surface area contributed by atoms with Crippen LogP contribution in [0.1, 0.15) is 55.4 Å². The maximum Gasteiger partial charge on any atom is 0.407 e. The van der Waals surface area contributed by atoms with Gasteiger partial charge in [-0.25, -0.2) is 9.59 Å². The lowest BCUT2D eigenvalue weighted by molar-refractivity contribution is 0.0333. The molecule has 0 fully saturated rings. The highest BCUT2D eigenvalue weighted by Gasteiger charge is 2.27. The molecule has 3 N–H and O–H groups in total. The number of nitrogens with two attached hydrogens (primary N) is 1. The van der Waals surface area contributed by atoms with Crippen molar-refractivity contribution < 1.29 is 35.6 Å². The van der Waals surface area contributed by atoms with Crippen molar-refractivity contribution in [3.8, 4) is 0 Å². The molecule has 0 spiro atoms. The highest BCUT2D eigenvalue weighted by atomic mass is 16.6. The molecule has 6 nitrogen and oxygen atoms in total. The SMILES string of the molecule is [2H]N(C(=O)OCC(COC(N)=O)(C([2H])([2H])[2H])C([2H])([2H])C([2H])([2H])C([2H])([2H])[2H])C([2H])(C)C. The van der Waals surface area contributed by atoms with Gasteiger partial charge in [-0.1, -0.05) is 20.1 Å². The Morgan fingerprint density at radius 1 is 1.56 bits per heavy atom. The Bertz CT molecular complexity index is 643. The van der Waals surface area contributed by atoms with Gasteiger partial charge in [-0.05, 0) is 20.2 Å². The lowest BCUT2D eigenvalue weighted by Crippen LogP contribution is -2.37. The molecule has 0 radical (unpaired) electrons. The zero-order valence-electron chi connectivity index (χ0n) is 22.1. The first-order chi connectivity index (χ1) is 13.0. The van der Waals surface area contributed by atoms with Crippen LogP contribution in [-0.4, -0.2) is 31.4 Å². The zero-order chi connectivity index (χ0) is 24.6. The second-order valence-electron chi connectivity index (χ2n) is 3.55. The first-order valence-electron chi connectivity index (χ1n) is 10.8. The molecule has 0 aliphatic rings. The number of alkyl carbamates (subject to hydrolysis) is 1. The molecule has 0 heterocycles. The van der Waals surface area contributed by atoms with Gasteiger partial charge in [0, 0.05) is 25.1 Å². The smallest absolute Gasteiger partial charge is 0.407 e. The van der Waals surface area contributed by atoms with Crippen molar-refractivity contribution in [3.05, 3.63) is 0 Å². The third-order valence-corrected chi connectivity index (χ3v) is 1.52. The van der Waals surface area contributed by atoms with E-state index in [2.05, 4.69) is 9.47 Å². The van der Waals surface area contributed by atoms with Crippen molar-refractivity contribution in [2.45, 2.75) is 46.3 Å². The van der Waals surface area contributed by atoms with E-state index >= 15 is 0 Å². The van der Waals surface area contributed by atoms with Crippen LogP contribution in [0.3, 0.4) is 0 Å². The largest absolute Gasteiger partial charge is 0.449 e. The van der Waals surface area contributed by atoms with Crippen LogP contribution in [0.15, 0.2) is 0 Å². The molecule has 0 saturated heterocycles. The van der Waals surface area contributed by atoms with Crippen molar-refractivity contribution >= 4 is 12.2 Å². The van der Waals surface area contributed by atoms with Gasteiger partial charge < -0.3 is 20.5 Å². The van der Waals surface area contributed by atoms with Gasteiger partial charge in [0.1, 0.15) is 13.2 Å².